The summed E-state index contributed by atoms with van der Waals surface area (Å²) in [5, 5.41) is 3.87. The van der Waals surface area contributed by atoms with Crippen molar-refractivity contribution in [2.75, 3.05) is 33.7 Å². The lowest BCUT2D eigenvalue weighted by molar-refractivity contribution is -0.159. The van der Waals surface area contributed by atoms with Crippen molar-refractivity contribution in [3.63, 3.8) is 0 Å². The second-order valence-electron chi connectivity index (χ2n) is 8.22. The van der Waals surface area contributed by atoms with Crippen molar-refractivity contribution in [1.29, 1.82) is 0 Å². The van der Waals surface area contributed by atoms with Crippen molar-refractivity contribution >= 4 is 11.9 Å². The van der Waals surface area contributed by atoms with E-state index in [1.807, 2.05) is 19.0 Å². The molecule has 1 aromatic carbocycles. The molecule has 1 amide bonds. The van der Waals surface area contributed by atoms with E-state index in [-0.39, 0.29) is 31.1 Å². The van der Waals surface area contributed by atoms with Crippen LogP contribution in [0.4, 0.5) is 4.39 Å². The fourth-order valence-corrected chi connectivity index (χ4v) is 2.59. The predicted molar refractivity (Wildman–Crippen MR) is 109 cm³/mol. The third-order valence-electron chi connectivity index (χ3n) is 4.03. The summed E-state index contributed by atoms with van der Waals surface area (Å²) in [6.45, 7) is 6.25. The third kappa shape index (κ3) is 7.90. The molecule has 0 bridgehead atoms. The highest BCUT2D eigenvalue weighted by atomic mass is 19.1. The Morgan fingerprint density at radius 1 is 1.13 bits per heavy atom. The molecule has 1 heterocycles. The van der Waals surface area contributed by atoms with Gasteiger partial charge in [0.1, 0.15) is 18.0 Å². The van der Waals surface area contributed by atoms with Crippen LogP contribution in [-0.4, -0.2) is 71.1 Å². The van der Waals surface area contributed by atoms with Crippen LogP contribution in [0.2, 0.25) is 0 Å². The number of amides is 1. The van der Waals surface area contributed by atoms with Gasteiger partial charge in [0.05, 0.1) is 0 Å². The van der Waals surface area contributed by atoms with Crippen LogP contribution in [-0.2, 0) is 20.7 Å². The molecule has 0 saturated carbocycles. The molecule has 0 aliphatic carbocycles. The normalized spacial score (nSPS) is 11.6. The third-order valence-corrected chi connectivity index (χ3v) is 4.03. The molecular weight excluding hydrogens is 391 g/mol. The van der Waals surface area contributed by atoms with Gasteiger partial charge in [0.25, 0.3) is 0 Å². The highest BCUT2D eigenvalue weighted by molar-refractivity contribution is 5.82. The Labute approximate surface area is 176 Å². The fraction of sp³-hybridized carbons (Fsp3) is 0.524. The maximum atomic E-state index is 13.0. The largest absolute Gasteiger partial charge is 0.459 e. The number of carbonyl (C=O) groups excluding carboxylic acids is 2. The molecular formula is C21H29FN4O4. The zero-order valence-electron chi connectivity index (χ0n) is 18.1. The van der Waals surface area contributed by atoms with Crippen LogP contribution >= 0.6 is 0 Å². The first-order chi connectivity index (χ1) is 14.0. The van der Waals surface area contributed by atoms with Gasteiger partial charge in [0, 0.05) is 31.5 Å². The van der Waals surface area contributed by atoms with Crippen LogP contribution < -0.4 is 0 Å². The summed E-state index contributed by atoms with van der Waals surface area (Å²) in [6, 6.07) is 5.74. The molecule has 0 saturated heterocycles. The highest BCUT2D eigenvalue weighted by Crippen LogP contribution is 2.17. The zero-order chi connectivity index (χ0) is 22.3. The lowest BCUT2D eigenvalue weighted by Gasteiger charge is -2.26. The second-order valence-corrected chi connectivity index (χ2v) is 8.22. The Kier molecular flexibility index (Phi) is 8.05. The molecule has 0 aliphatic heterocycles. The molecule has 2 rings (SSSR count). The summed E-state index contributed by atoms with van der Waals surface area (Å²) in [5.74, 6) is -0.380. The topological polar surface area (TPSA) is 88.8 Å². The van der Waals surface area contributed by atoms with Gasteiger partial charge in [-0.15, -0.1) is 0 Å². The number of halogens is 1. The van der Waals surface area contributed by atoms with Crippen molar-refractivity contribution in [3.05, 3.63) is 36.0 Å². The number of ether oxygens (including phenoxy) is 1. The standard InChI is InChI=1S/C21H29FN4O4/c1-21(2,3)29-19(28)14-26(13-12-25(4)5)18(27)11-10-17-23-20(24-30-17)15-6-8-16(22)9-7-15/h6-9H,10-14H2,1-5H3. The van der Waals surface area contributed by atoms with Gasteiger partial charge in [0.15, 0.2) is 0 Å². The molecule has 0 atom stereocenters. The SMILES string of the molecule is CN(C)CCN(CC(=O)OC(C)(C)C)C(=O)CCc1nc(-c2ccc(F)cc2)no1. The molecule has 0 N–H and O–H groups in total. The highest BCUT2D eigenvalue weighted by Gasteiger charge is 2.22. The number of benzene rings is 1. The number of hydrogen-bond acceptors (Lipinski definition) is 7. The second kappa shape index (κ2) is 10.3. The Balaban J connectivity index is 1.97. The molecule has 9 heteroatoms. The Morgan fingerprint density at radius 2 is 1.80 bits per heavy atom. The minimum absolute atomic E-state index is 0.112. The summed E-state index contributed by atoms with van der Waals surface area (Å²) < 4.78 is 23.6. The molecule has 1 aromatic heterocycles. The van der Waals surface area contributed by atoms with Gasteiger partial charge >= 0.3 is 5.97 Å². The number of aromatic nitrogens is 2. The summed E-state index contributed by atoms with van der Waals surface area (Å²) in [7, 11) is 3.79. The van der Waals surface area contributed by atoms with Gasteiger partial charge in [-0.1, -0.05) is 5.16 Å². The summed E-state index contributed by atoms with van der Waals surface area (Å²) >= 11 is 0. The van der Waals surface area contributed by atoms with Crippen molar-refractivity contribution < 1.29 is 23.2 Å². The van der Waals surface area contributed by atoms with Gasteiger partial charge in [-0.25, -0.2) is 4.39 Å². The first-order valence-electron chi connectivity index (χ1n) is 9.76. The number of hydrogen-bond donors (Lipinski definition) is 0. The lowest BCUT2D eigenvalue weighted by Crippen LogP contribution is -2.42. The minimum atomic E-state index is -0.617. The van der Waals surface area contributed by atoms with Crippen molar-refractivity contribution in [3.8, 4) is 11.4 Å². The van der Waals surface area contributed by atoms with E-state index in [9.17, 15) is 14.0 Å². The van der Waals surface area contributed by atoms with Gasteiger partial charge in [-0.3, -0.25) is 9.59 Å². The smallest absolute Gasteiger partial charge is 0.326 e. The first kappa shape index (κ1) is 23.5. The number of carbonyl (C=O) groups is 2. The van der Waals surface area contributed by atoms with Crippen molar-refractivity contribution in [2.24, 2.45) is 0 Å². The quantitative estimate of drug-likeness (QED) is 0.576. The predicted octanol–water partition coefficient (Wildman–Crippen LogP) is 2.54. The van der Waals surface area contributed by atoms with Gasteiger partial charge in [0.2, 0.25) is 17.6 Å². The molecule has 30 heavy (non-hydrogen) atoms. The molecule has 2 aromatic rings. The molecule has 0 fully saturated rings. The first-order valence-corrected chi connectivity index (χ1v) is 9.76. The number of esters is 1. The molecule has 8 nitrogen and oxygen atoms in total. The van der Waals surface area contributed by atoms with E-state index >= 15 is 0 Å². The van der Waals surface area contributed by atoms with E-state index < -0.39 is 11.6 Å². The molecule has 0 spiro atoms. The Morgan fingerprint density at radius 3 is 2.40 bits per heavy atom. The maximum absolute atomic E-state index is 13.0. The molecule has 0 aliphatic rings. The number of rotatable bonds is 9. The van der Waals surface area contributed by atoms with Crippen molar-refractivity contribution in [1.82, 2.24) is 19.9 Å². The monoisotopic (exact) mass is 420 g/mol. The summed E-state index contributed by atoms with van der Waals surface area (Å²) in [4.78, 5) is 32.6. The lowest BCUT2D eigenvalue weighted by atomic mass is 10.2. The van der Waals surface area contributed by atoms with Gasteiger partial charge in [-0.05, 0) is 59.1 Å². The van der Waals surface area contributed by atoms with E-state index in [1.165, 1.54) is 17.0 Å². The summed E-state index contributed by atoms with van der Waals surface area (Å²) in [6.07, 6.45) is 0.348. The van der Waals surface area contributed by atoms with Crippen LogP contribution in [0.5, 0.6) is 0 Å². The number of likely N-dealkylation sites (N-methyl/N-ethyl adjacent to an activating group) is 1. The number of aryl methyl sites for hydroxylation is 1. The van der Waals surface area contributed by atoms with Gasteiger partial charge < -0.3 is 19.1 Å². The Hall–Kier alpha value is -2.81. The zero-order valence-corrected chi connectivity index (χ0v) is 18.1. The van der Waals surface area contributed by atoms with Crippen LogP contribution in [0.1, 0.15) is 33.1 Å². The van der Waals surface area contributed by atoms with E-state index in [2.05, 4.69) is 10.1 Å². The summed E-state index contributed by atoms with van der Waals surface area (Å²) in [5.41, 5.74) is 0.00341. The molecule has 0 radical (unpaired) electrons. The fourth-order valence-electron chi connectivity index (χ4n) is 2.59. The molecule has 0 unspecified atom stereocenters. The number of nitrogens with zero attached hydrogens (tertiary/aromatic N) is 4. The van der Waals surface area contributed by atoms with E-state index in [0.29, 0.717) is 30.4 Å². The van der Waals surface area contributed by atoms with Crippen LogP contribution in [0.15, 0.2) is 28.8 Å². The van der Waals surface area contributed by atoms with Crippen LogP contribution in [0.3, 0.4) is 0 Å². The maximum Gasteiger partial charge on any atom is 0.326 e. The molecule has 164 valence electrons. The van der Waals surface area contributed by atoms with E-state index in [4.69, 9.17) is 9.26 Å². The van der Waals surface area contributed by atoms with Crippen LogP contribution in [0, 0.1) is 5.82 Å². The van der Waals surface area contributed by atoms with Crippen LogP contribution in [0.25, 0.3) is 11.4 Å². The van der Waals surface area contributed by atoms with Gasteiger partial charge in [-0.2, -0.15) is 4.98 Å². The van der Waals surface area contributed by atoms with E-state index in [1.54, 1.807) is 32.9 Å². The average molecular weight is 420 g/mol. The van der Waals surface area contributed by atoms with E-state index in [0.717, 1.165) is 0 Å². The van der Waals surface area contributed by atoms with Crippen molar-refractivity contribution in [2.45, 2.75) is 39.2 Å². The average Bonchev–Trinajstić information content (AvgIpc) is 3.11. The minimum Gasteiger partial charge on any atom is -0.459 e. The Bertz CT molecular complexity index is 843.